The normalized spacial score (nSPS) is 22.3. The maximum Gasteiger partial charge on any atom is 0.194 e. The van der Waals surface area contributed by atoms with E-state index in [1.807, 2.05) is 18.2 Å². The van der Waals surface area contributed by atoms with Gasteiger partial charge in [-0.3, -0.25) is 0 Å². The molecule has 2 aromatic carbocycles. The van der Waals surface area contributed by atoms with E-state index in [9.17, 15) is 8.42 Å². The van der Waals surface area contributed by atoms with Crippen LogP contribution in [0.5, 0.6) is 0 Å². The molecule has 1 saturated heterocycles. The van der Waals surface area contributed by atoms with Crippen molar-refractivity contribution >= 4 is 21.4 Å². The van der Waals surface area contributed by atoms with E-state index < -0.39 is 15.2 Å². The van der Waals surface area contributed by atoms with Gasteiger partial charge >= 0.3 is 0 Å². The van der Waals surface area contributed by atoms with Gasteiger partial charge in [0.25, 0.3) is 0 Å². The molecule has 1 fully saturated rings. The molecular formula is C16H16ClNO2S. The van der Waals surface area contributed by atoms with Crippen molar-refractivity contribution < 1.29 is 8.42 Å². The Morgan fingerprint density at radius 1 is 1.00 bits per heavy atom. The van der Waals surface area contributed by atoms with E-state index >= 15 is 0 Å². The summed E-state index contributed by atoms with van der Waals surface area (Å²) in [6.45, 7) is 0.698. The number of sulfone groups is 1. The second kappa shape index (κ2) is 5.79. The third kappa shape index (κ3) is 2.84. The molecule has 3 rings (SSSR count). The van der Waals surface area contributed by atoms with Crippen molar-refractivity contribution in [3.8, 4) is 0 Å². The predicted octanol–water partition coefficient (Wildman–Crippen LogP) is 3.22. The van der Waals surface area contributed by atoms with Gasteiger partial charge < -0.3 is 5.32 Å². The van der Waals surface area contributed by atoms with Gasteiger partial charge in [0, 0.05) is 10.9 Å². The fourth-order valence-corrected chi connectivity index (χ4v) is 4.83. The highest BCUT2D eigenvalue weighted by atomic mass is 35.5. The first-order valence-corrected chi connectivity index (χ1v) is 8.79. The monoisotopic (exact) mass is 321 g/mol. The van der Waals surface area contributed by atoms with E-state index in [1.54, 1.807) is 36.4 Å². The lowest BCUT2D eigenvalue weighted by atomic mass is 9.98. The van der Waals surface area contributed by atoms with Gasteiger partial charge in [-0.25, -0.2) is 8.42 Å². The van der Waals surface area contributed by atoms with E-state index in [4.69, 9.17) is 11.6 Å². The van der Waals surface area contributed by atoms with Crippen LogP contribution < -0.4 is 5.32 Å². The van der Waals surface area contributed by atoms with Crippen molar-refractivity contribution in [3.05, 3.63) is 65.2 Å². The van der Waals surface area contributed by atoms with Crippen LogP contribution in [0, 0.1) is 0 Å². The summed E-state index contributed by atoms with van der Waals surface area (Å²) in [5.41, 5.74) is 1.01. The number of rotatable bonds is 3. The number of hydrogen-bond acceptors (Lipinski definition) is 3. The highest BCUT2D eigenvalue weighted by Gasteiger charge is 2.38. The lowest BCUT2D eigenvalue weighted by Crippen LogP contribution is -2.34. The summed E-state index contributed by atoms with van der Waals surface area (Å²) < 4.78 is 25.6. The molecule has 0 bridgehead atoms. The van der Waals surface area contributed by atoms with Crippen LogP contribution in [0.4, 0.5) is 0 Å². The maximum absolute atomic E-state index is 12.8. The Hall–Kier alpha value is -1.36. The van der Waals surface area contributed by atoms with Gasteiger partial charge in [-0.15, -0.1) is 0 Å². The molecular weight excluding hydrogens is 306 g/mol. The van der Waals surface area contributed by atoms with E-state index in [0.29, 0.717) is 16.5 Å². The summed E-state index contributed by atoms with van der Waals surface area (Å²) in [6, 6.07) is 16.0. The van der Waals surface area contributed by atoms with Crippen molar-refractivity contribution in [2.45, 2.75) is 22.6 Å². The topological polar surface area (TPSA) is 46.2 Å². The molecule has 1 aliphatic heterocycles. The first-order chi connectivity index (χ1) is 10.1. The van der Waals surface area contributed by atoms with Gasteiger partial charge in [0.2, 0.25) is 0 Å². The third-order valence-electron chi connectivity index (χ3n) is 3.87. The predicted molar refractivity (Wildman–Crippen MR) is 84.2 cm³/mol. The summed E-state index contributed by atoms with van der Waals surface area (Å²) in [6.07, 6.45) is 0.804. The first kappa shape index (κ1) is 14.6. The van der Waals surface area contributed by atoms with Crippen LogP contribution in [0.15, 0.2) is 59.5 Å². The summed E-state index contributed by atoms with van der Waals surface area (Å²) in [4.78, 5) is 0.364. The van der Waals surface area contributed by atoms with Gasteiger partial charge in [-0.05, 0) is 42.8 Å². The van der Waals surface area contributed by atoms with E-state index in [1.165, 1.54) is 0 Å². The Morgan fingerprint density at radius 3 is 2.33 bits per heavy atom. The van der Waals surface area contributed by atoms with Crippen molar-refractivity contribution in [2.24, 2.45) is 0 Å². The van der Waals surface area contributed by atoms with Crippen LogP contribution in [0.2, 0.25) is 5.02 Å². The summed E-state index contributed by atoms with van der Waals surface area (Å²) in [7, 11) is -3.39. The van der Waals surface area contributed by atoms with Gasteiger partial charge in [-0.2, -0.15) is 0 Å². The van der Waals surface area contributed by atoms with Gasteiger partial charge in [0.15, 0.2) is 9.84 Å². The van der Waals surface area contributed by atoms with Crippen molar-refractivity contribution in [1.29, 1.82) is 0 Å². The van der Waals surface area contributed by atoms with E-state index in [2.05, 4.69) is 5.32 Å². The number of benzene rings is 2. The molecule has 0 aliphatic carbocycles. The molecule has 1 aliphatic rings. The molecule has 0 radical (unpaired) electrons. The fourth-order valence-electron chi connectivity index (χ4n) is 2.81. The van der Waals surface area contributed by atoms with Crippen molar-refractivity contribution in [3.63, 3.8) is 0 Å². The maximum atomic E-state index is 12.8. The summed E-state index contributed by atoms with van der Waals surface area (Å²) >= 11 is 5.91. The van der Waals surface area contributed by atoms with Crippen molar-refractivity contribution in [2.75, 3.05) is 6.54 Å². The fraction of sp³-hybridized carbons (Fsp3) is 0.250. The minimum absolute atomic E-state index is 0.0486. The molecule has 21 heavy (non-hydrogen) atoms. The second-order valence-corrected chi connectivity index (χ2v) is 7.69. The van der Waals surface area contributed by atoms with Crippen LogP contribution in [0.25, 0.3) is 0 Å². The van der Waals surface area contributed by atoms with Gasteiger partial charge in [0.1, 0.15) is 5.37 Å². The Balaban J connectivity index is 1.96. The number of halogens is 1. The third-order valence-corrected chi connectivity index (χ3v) is 6.22. The Labute approximate surface area is 129 Å². The van der Waals surface area contributed by atoms with Crippen LogP contribution in [0.1, 0.15) is 17.9 Å². The molecule has 0 saturated carbocycles. The molecule has 3 nitrogen and oxygen atoms in total. The minimum atomic E-state index is -3.39. The average molecular weight is 322 g/mol. The SMILES string of the molecule is O=S(=O)(c1ccccc1)C1NCCC1c1ccc(Cl)cc1. The zero-order chi connectivity index (χ0) is 14.9. The molecule has 2 aromatic rings. The molecule has 1 N–H and O–H groups in total. The molecule has 0 aromatic heterocycles. The summed E-state index contributed by atoms with van der Waals surface area (Å²) in [5.74, 6) is -0.0486. The highest BCUT2D eigenvalue weighted by Crippen LogP contribution is 2.34. The quantitative estimate of drug-likeness (QED) is 0.944. The molecule has 0 spiro atoms. The molecule has 2 unspecified atom stereocenters. The van der Waals surface area contributed by atoms with Crippen molar-refractivity contribution in [1.82, 2.24) is 5.32 Å². The summed E-state index contributed by atoms with van der Waals surface area (Å²) in [5, 5.41) is 3.21. The minimum Gasteiger partial charge on any atom is -0.300 e. The number of nitrogens with one attached hydrogen (secondary N) is 1. The lowest BCUT2D eigenvalue weighted by Gasteiger charge is -2.20. The molecule has 2 atom stereocenters. The Kier molecular flexibility index (Phi) is 4.02. The Morgan fingerprint density at radius 2 is 1.67 bits per heavy atom. The average Bonchev–Trinajstić information content (AvgIpc) is 2.99. The first-order valence-electron chi connectivity index (χ1n) is 6.87. The molecule has 1 heterocycles. The van der Waals surface area contributed by atoms with Crippen LogP contribution in [-0.2, 0) is 9.84 Å². The number of hydrogen-bond donors (Lipinski definition) is 1. The highest BCUT2D eigenvalue weighted by molar-refractivity contribution is 7.92. The van der Waals surface area contributed by atoms with Gasteiger partial charge in [-0.1, -0.05) is 41.9 Å². The van der Waals surface area contributed by atoms with Gasteiger partial charge in [0.05, 0.1) is 4.90 Å². The largest absolute Gasteiger partial charge is 0.300 e. The smallest absolute Gasteiger partial charge is 0.194 e. The Bertz CT molecular complexity index is 714. The molecule has 110 valence electrons. The van der Waals surface area contributed by atoms with E-state index in [-0.39, 0.29) is 5.92 Å². The van der Waals surface area contributed by atoms with Crippen LogP contribution in [0.3, 0.4) is 0 Å². The van der Waals surface area contributed by atoms with Crippen LogP contribution in [-0.4, -0.2) is 20.3 Å². The molecule has 0 amide bonds. The van der Waals surface area contributed by atoms with Crippen LogP contribution >= 0.6 is 11.6 Å². The molecule has 5 heteroatoms. The zero-order valence-corrected chi connectivity index (χ0v) is 12.9. The standard InChI is InChI=1S/C16H16ClNO2S/c17-13-8-6-12(7-9-13)15-10-11-18-16(15)21(19,20)14-4-2-1-3-5-14/h1-9,15-16,18H,10-11H2. The zero-order valence-electron chi connectivity index (χ0n) is 11.4. The van der Waals surface area contributed by atoms with E-state index in [0.717, 1.165) is 12.0 Å². The lowest BCUT2D eigenvalue weighted by molar-refractivity contribution is 0.559. The second-order valence-electron chi connectivity index (χ2n) is 5.18.